The third-order valence-corrected chi connectivity index (χ3v) is 2.35. The Bertz CT molecular complexity index is 320. The van der Waals surface area contributed by atoms with Crippen LogP contribution < -0.4 is 16.4 Å². The molecule has 0 radical (unpaired) electrons. The Morgan fingerprint density at radius 3 is 2.42 bits per heavy atom. The van der Waals surface area contributed by atoms with Gasteiger partial charge in [0.05, 0.1) is 0 Å². The minimum atomic E-state index is -1.19. The van der Waals surface area contributed by atoms with Crippen LogP contribution >= 0.6 is 0 Å². The van der Waals surface area contributed by atoms with Gasteiger partial charge in [-0.1, -0.05) is 0 Å². The normalized spacial score (nSPS) is 11.9. The van der Waals surface area contributed by atoms with Gasteiger partial charge in [-0.3, -0.25) is 4.79 Å². The number of rotatable bonds is 9. The Labute approximate surface area is 112 Å². The number of carbonyl (C=O) groups is 3. The Kier molecular flexibility index (Phi) is 8.27. The van der Waals surface area contributed by atoms with Crippen LogP contribution in [-0.4, -0.2) is 61.1 Å². The summed E-state index contributed by atoms with van der Waals surface area (Å²) in [7, 11) is 3.84. The molecule has 0 aliphatic carbocycles. The van der Waals surface area contributed by atoms with E-state index in [4.69, 9.17) is 10.8 Å². The van der Waals surface area contributed by atoms with Gasteiger partial charge in [0.2, 0.25) is 5.91 Å². The van der Waals surface area contributed by atoms with Crippen molar-refractivity contribution in [1.29, 1.82) is 0 Å². The zero-order chi connectivity index (χ0) is 14.8. The Balaban J connectivity index is 3.96. The van der Waals surface area contributed by atoms with Crippen molar-refractivity contribution in [2.75, 3.05) is 27.2 Å². The molecular formula is C11H22N4O4. The van der Waals surface area contributed by atoms with E-state index in [1.807, 2.05) is 19.0 Å². The maximum atomic E-state index is 11.4. The van der Waals surface area contributed by atoms with Crippen LogP contribution in [0.25, 0.3) is 0 Å². The number of amides is 3. The fourth-order valence-corrected chi connectivity index (χ4v) is 1.35. The molecule has 0 heterocycles. The number of aliphatic carboxylic acids is 1. The van der Waals surface area contributed by atoms with E-state index < -0.39 is 23.9 Å². The van der Waals surface area contributed by atoms with Crippen molar-refractivity contribution in [2.24, 2.45) is 5.73 Å². The summed E-state index contributed by atoms with van der Waals surface area (Å²) >= 11 is 0. The van der Waals surface area contributed by atoms with E-state index in [1.165, 1.54) is 0 Å². The fraction of sp³-hybridized carbons (Fsp3) is 0.727. The van der Waals surface area contributed by atoms with Crippen molar-refractivity contribution in [3.05, 3.63) is 0 Å². The molecule has 0 aromatic rings. The number of urea groups is 1. The maximum absolute atomic E-state index is 11.4. The fourth-order valence-electron chi connectivity index (χ4n) is 1.35. The smallest absolute Gasteiger partial charge is 0.326 e. The molecule has 19 heavy (non-hydrogen) atoms. The lowest BCUT2D eigenvalue weighted by Gasteiger charge is -2.15. The number of nitrogens with two attached hydrogens (primary N) is 1. The second-order valence-corrected chi connectivity index (χ2v) is 4.45. The average Bonchev–Trinajstić information content (AvgIpc) is 2.29. The molecule has 8 heteroatoms. The molecule has 0 fully saturated rings. The molecule has 0 rings (SSSR count). The lowest BCUT2D eigenvalue weighted by molar-refractivity contribution is -0.139. The zero-order valence-corrected chi connectivity index (χ0v) is 11.3. The number of carbonyl (C=O) groups excluding carboxylic acids is 2. The van der Waals surface area contributed by atoms with E-state index in [1.54, 1.807) is 0 Å². The molecule has 1 unspecified atom stereocenters. The van der Waals surface area contributed by atoms with Gasteiger partial charge in [-0.25, -0.2) is 9.59 Å². The third-order valence-electron chi connectivity index (χ3n) is 2.35. The van der Waals surface area contributed by atoms with Gasteiger partial charge >= 0.3 is 12.0 Å². The van der Waals surface area contributed by atoms with E-state index in [0.717, 1.165) is 13.0 Å². The van der Waals surface area contributed by atoms with Crippen LogP contribution in [0.2, 0.25) is 0 Å². The Hall–Kier alpha value is -1.83. The van der Waals surface area contributed by atoms with Crippen molar-refractivity contribution in [3.8, 4) is 0 Å². The summed E-state index contributed by atoms with van der Waals surface area (Å²) in [6.45, 7) is 1.27. The largest absolute Gasteiger partial charge is 0.480 e. The molecule has 0 bridgehead atoms. The minimum Gasteiger partial charge on any atom is -0.480 e. The molecule has 0 saturated carbocycles. The lowest BCUT2D eigenvalue weighted by Crippen LogP contribution is -2.46. The van der Waals surface area contributed by atoms with Crippen molar-refractivity contribution in [2.45, 2.75) is 25.3 Å². The van der Waals surface area contributed by atoms with Crippen LogP contribution in [0.15, 0.2) is 0 Å². The number of carboxylic acid groups (broad SMARTS) is 1. The number of hydrogen-bond donors (Lipinski definition) is 4. The van der Waals surface area contributed by atoms with E-state index in [9.17, 15) is 14.4 Å². The summed E-state index contributed by atoms with van der Waals surface area (Å²) in [5.74, 6) is -1.79. The van der Waals surface area contributed by atoms with Crippen LogP contribution in [0.3, 0.4) is 0 Å². The van der Waals surface area contributed by atoms with Gasteiger partial charge in [-0.2, -0.15) is 0 Å². The molecule has 0 aliphatic rings. The number of hydrogen-bond acceptors (Lipinski definition) is 4. The SMILES string of the molecule is CN(C)CCCNC(=O)NC(CCC(N)=O)C(=O)O. The highest BCUT2D eigenvalue weighted by atomic mass is 16.4. The summed E-state index contributed by atoms with van der Waals surface area (Å²) < 4.78 is 0. The summed E-state index contributed by atoms with van der Waals surface area (Å²) in [6.07, 6.45) is 0.660. The molecule has 110 valence electrons. The minimum absolute atomic E-state index is 0.0181. The quantitative estimate of drug-likeness (QED) is 0.399. The number of primary amides is 1. The first kappa shape index (κ1) is 17.2. The molecular weight excluding hydrogens is 252 g/mol. The average molecular weight is 274 g/mol. The molecule has 0 aromatic heterocycles. The topological polar surface area (TPSA) is 125 Å². The lowest BCUT2D eigenvalue weighted by atomic mass is 10.1. The monoisotopic (exact) mass is 274 g/mol. The van der Waals surface area contributed by atoms with E-state index in [-0.39, 0.29) is 12.8 Å². The molecule has 3 amide bonds. The predicted molar refractivity (Wildman–Crippen MR) is 69.6 cm³/mol. The second-order valence-electron chi connectivity index (χ2n) is 4.45. The standard InChI is InChI=1S/C11H22N4O4/c1-15(2)7-3-6-13-11(19)14-8(10(17)18)4-5-9(12)16/h8H,3-7H2,1-2H3,(H2,12,16)(H,17,18)(H2,13,14,19). The van der Waals surface area contributed by atoms with Crippen LogP contribution in [0.5, 0.6) is 0 Å². The van der Waals surface area contributed by atoms with E-state index in [0.29, 0.717) is 6.54 Å². The van der Waals surface area contributed by atoms with Gasteiger partial charge in [0.15, 0.2) is 0 Å². The van der Waals surface area contributed by atoms with Crippen molar-refractivity contribution in [1.82, 2.24) is 15.5 Å². The summed E-state index contributed by atoms with van der Waals surface area (Å²) in [5, 5.41) is 13.7. The highest BCUT2D eigenvalue weighted by Gasteiger charge is 2.20. The van der Waals surface area contributed by atoms with Gasteiger partial charge < -0.3 is 26.4 Å². The van der Waals surface area contributed by atoms with Gasteiger partial charge in [-0.05, 0) is 33.5 Å². The first-order chi connectivity index (χ1) is 8.82. The van der Waals surface area contributed by atoms with Crippen LogP contribution in [-0.2, 0) is 9.59 Å². The molecule has 0 aliphatic heterocycles. The summed E-state index contributed by atoms with van der Waals surface area (Å²) in [4.78, 5) is 34.9. The van der Waals surface area contributed by atoms with Crippen LogP contribution in [0, 0.1) is 0 Å². The first-order valence-electron chi connectivity index (χ1n) is 6.03. The third kappa shape index (κ3) is 9.83. The van der Waals surface area contributed by atoms with Gasteiger partial charge in [0.25, 0.3) is 0 Å². The van der Waals surface area contributed by atoms with Crippen LogP contribution in [0.4, 0.5) is 4.79 Å². The zero-order valence-electron chi connectivity index (χ0n) is 11.3. The number of carboxylic acids is 1. The highest BCUT2D eigenvalue weighted by Crippen LogP contribution is 1.97. The van der Waals surface area contributed by atoms with Gasteiger partial charge in [-0.15, -0.1) is 0 Å². The van der Waals surface area contributed by atoms with Gasteiger partial charge in [0, 0.05) is 13.0 Å². The molecule has 1 atom stereocenters. The van der Waals surface area contributed by atoms with Crippen LogP contribution in [0.1, 0.15) is 19.3 Å². The number of nitrogens with one attached hydrogen (secondary N) is 2. The Morgan fingerprint density at radius 2 is 1.95 bits per heavy atom. The second kappa shape index (κ2) is 9.15. The van der Waals surface area contributed by atoms with Gasteiger partial charge in [0.1, 0.15) is 6.04 Å². The van der Waals surface area contributed by atoms with Crippen molar-refractivity contribution in [3.63, 3.8) is 0 Å². The number of nitrogens with zero attached hydrogens (tertiary/aromatic N) is 1. The predicted octanol–water partition coefficient (Wildman–Crippen LogP) is -1.04. The Morgan fingerprint density at radius 1 is 1.32 bits per heavy atom. The molecule has 0 spiro atoms. The maximum Gasteiger partial charge on any atom is 0.326 e. The first-order valence-corrected chi connectivity index (χ1v) is 6.03. The highest BCUT2D eigenvalue weighted by molar-refractivity contribution is 5.83. The molecule has 5 N–H and O–H groups in total. The molecule has 8 nitrogen and oxygen atoms in total. The van der Waals surface area contributed by atoms with E-state index >= 15 is 0 Å². The summed E-state index contributed by atoms with van der Waals surface area (Å²) in [5.41, 5.74) is 4.93. The van der Waals surface area contributed by atoms with E-state index in [2.05, 4.69) is 10.6 Å². The van der Waals surface area contributed by atoms with Crippen molar-refractivity contribution < 1.29 is 19.5 Å². The molecule has 0 saturated heterocycles. The molecule has 0 aromatic carbocycles. The van der Waals surface area contributed by atoms with Crippen molar-refractivity contribution >= 4 is 17.9 Å². The summed E-state index contributed by atoms with van der Waals surface area (Å²) in [6, 6.07) is -1.67.